The predicted octanol–water partition coefficient (Wildman–Crippen LogP) is 2.88. The van der Waals surface area contributed by atoms with Crippen molar-refractivity contribution < 1.29 is 9.66 Å². The fourth-order valence-corrected chi connectivity index (χ4v) is 3.99. The first-order valence-electron chi connectivity index (χ1n) is 8.33. The number of anilines is 1. The molecule has 2 saturated heterocycles. The van der Waals surface area contributed by atoms with Crippen LogP contribution in [0.5, 0.6) is 5.75 Å². The molecule has 0 radical (unpaired) electrons. The van der Waals surface area contributed by atoms with E-state index in [4.69, 9.17) is 4.74 Å². The highest BCUT2D eigenvalue weighted by molar-refractivity contribution is 5.64. The summed E-state index contributed by atoms with van der Waals surface area (Å²) >= 11 is 0. The number of nitro groups is 1. The molecule has 2 aliphatic rings. The average Bonchev–Trinajstić information content (AvgIpc) is 2.56. The topological polar surface area (TPSA) is 67.6 Å². The van der Waals surface area contributed by atoms with Gasteiger partial charge in [0.1, 0.15) is 0 Å². The highest BCUT2D eigenvalue weighted by Gasteiger charge is 2.36. The first-order chi connectivity index (χ1) is 11.0. The minimum absolute atomic E-state index is 0.0422. The maximum absolute atomic E-state index is 11.1. The maximum atomic E-state index is 11.1. The van der Waals surface area contributed by atoms with Gasteiger partial charge in [0.15, 0.2) is 5.75 Å². The van der Waals surface area contributed by atoms with Gasteiger partial charge in [-0.05, 0) is 56.7 Å². The summed E-state index contributed by atoms with van der Waals surface area (Å²) in [6.45, 7) is 6.23. The van der Waals surface area contributed by atoms with Crippen molar-refractivity contribution in [2.24, 2.45) is 5.41 Å². The summed E-state index contributed by atoms with van der Waals surface area (Å²) in [5, 5.41) is 14.6. The second-order valence-electron chi connectivity index (χ2n) is 6.80. The Balaban J connectivity index is 1.79. The summed E-state index contributed by atoms with van der Waals surface area (Å²) in [5.74, 6) is 0.345. The Kier molecular flexibility index (Phi) is 4.43. The smallest absolute Gasteiger partial charge is 0.311 e. The molecule has 1 aromatic rings. The quantitative estimate of drug-likeness (QED) is 0.685. The Bertz CT molecular complexity index is 587. The van der Waals surface area contributed by atoms with Gasteiger partial charge in [-0.1, -0.05) is 0 Å². The third-order valence-corrected chi connectivity index (χ3v) is 5.52. The molecule has 0 aromatic heterocycles. The number of ether oxygens (including phenoxy) is 1. The third kappa shape index (κ3) is 3.13. The monoisotopic (exact) mass is 319 g/mol. The molecule has 2 fully saturated rings. The number of aryl methyl sites for hydroxylation is 1. The number of hydrogen-bond acceptors (Lipinski definition) is 5. The Labute approximate surface area is 137 Å². The van der Waals surface area contributed by atoms with Crippen molar-refractivity contribution in [1.82, 2.24) is 5.32 Å². The number of benzene rings is 1. The summed E-state index contributed by atoms with van der Waals surface area (Å²) in [6.07, 6.45) is 4.94. The molecule has 0 amide bonds. The van der Waals surface area contributed by atoms with Gasteiger partial charge in [-0.3, -0.25) is 10.1 Å². The van der Waals surface area contributed by atoms with Crippen LogP contribution in [0.4, 0.5) is 11.4 Å². The van der Waals surface area contributed by atoms with Crippen molar-refractivity contribution >= 4 is 11.4 Å². The number of nitrogens with one attached hydrogen (secondary N) is 1. The third-order valence-electron chi connectivity index (χ3n) is 5.52. The van der Waals surface area contributed by atoms with E-state index in [0.29, 0.717) is 11.2 Å². The minimum Gasteiger partial charge on any atom is -0.490 e. The van der Waals surface area contributed by atoms with Crippen LogP contribution >= 0.6 is 0 Å². The van der Waals surface area contributed by atoms with Crippen LogP contribution in [0, 0.1) is 22.5 Å². The summed E-state index contributed by atoms with van der Waals surface area (Å²) in [7, 11) is 1.49. The van der Waals surface area contributed by atoms with Gasteiger partial charge in [0.05, 0.1) is 12.0 Å². The summed E-state index contributed by atoms with van der Waals surface area (Å²) < 4.78 is 5.23. The lowest BCUT2D eigenvalue weighted by Gasteiger charge is -2.45. The van der Waals surface area contributed by atoms with Crippen LogP contribution in [-0.4, -0.2) is 38.2 Å². The Morgan fingerprint density at radius 1 is 1.22 bits per heavy atom. The Hall–Kier alpha value is -1.82. The van der Waals surface area contributed by atoms with Gasteiger partial charge < -0.3 is 15.0 Å². The van der Waals surface area contributed by atoms with E-state index >= 15 is 0 Å². The number of nitro benzene ring substituents is 1. The molecule has 0 aliphatic carbocycles. The second kappa shape index (κ2) is 6.35. The fourth-order valence-electron chi connectivity index (χ4n) is 3.99. The standard InChI is InChI=1S/C17H25N3O3/c1-13-11-15(20(21)22)16(23-2)12-14(13)19-9-5-17(6-10-19)3-7-18-8-4-17/h11-12,18H,3-10H2,1-2H3. The predicted molar refractivity (Wildman–Crippen MR) is 90.4 cm³/mol. The normalized spacial score (nSPS) is 20.5. The van der Waals surface area contributed by atoms with Gasteiger partial charge in [-0.25, -0.2) is 0 Å². The van der Waals surface area contributed by atoms with E-state index in [1.807, 2.05) is 13.0 Å². The van der Waals surface area contributed by atoms with Crippen molar-refractivity contribution in [3.8, 4) is 5.75 Å². The van der Waals surface area contributed by atoms with E-state index in [1.54, 1.807) is 6.07 Å². The molecule has 2 aliphatic heterocycles. The number of piperidine rings is 2. The zero-order valence-electron chi connectivity index (χ0n) is 13.9. The van der Waals surface area contributed by atoms with Crippen LogP contribution in [0.1, 0.15) is 31.2 Å². The van der Waals surface area contributed by atoms with E-state index in [9.17, 15) is 10.1 Å². The Morgan fingerprint density at radius 2 is 1.87 bits per heavy atom. The van der Waals surface area contributed by atoms with E-state index in [0.717, 1.165) is 37.4 Å². The number of rotatable bonds is 3. The minimum atomic E-state index is -0.379. The Morgan fingerprint density at radius 3 is 2.43 bits per heavy atom. The molecule has 0 bridgehead atoms. The lowest BCUT2D eigenvalue weighted by atomic mass is 9.71. The SMILES string of the molecule is COc1cc(N2CCC3(CCNCC3)CC2)c(C)cc1[N+](=O)[O-]. The van der Waals surface area contributed by atoms with Crippen molar-refractivity contribution in [3.63, 3.8) is 0 Å². The molecule has 6 nitrogen and oxygen atoms in total. The maximum Gasteiger partial charge on any atom is 0.311 e. The number of hydrogen-bond donors (Lipinski definition) is 1. The summed E-state index contributed by atoms with van der Waals surface area (Å²) in [4.78, 5) is 13.1. The highest BCUT2D eigenvalue weighted by atomic mass is 16.6. The van der Waals surface area contributed by atoms with E-state index < -0.39 is 0 Å². The molecule has 3 rings (SSSR count). The molecule has 126 valence electrons. The van der Waals surface area contributed by atoms with Gasteiger partial charge in [-0.2, -0.15) is 0 Å². The van der Waals surface area contributed by atoms with Gasteiger partial charge in [0.2, 0.25) is 0 Å². The molecule has 23 heavy (non-hydrogen) atoms. The number of nitrogens with zero attached hydrogens (tertiary/aromatic N) is 2. The van der Waals surface area contributed by atoms with Crippen LogP contribution < -0.4 is 15.0 Å². The van der Waals surface area contributed by atoms with Crippen molar-refractivity contribution in [2.45, 2.75) is 32.6 Å². The van der Waals surface area contributed by atoms with Crippen LogP contribution in [0.25, 0.3) is 0 Å². The molecule has 1 spiro atoms. The van der Waals surface area contributed by atoms with Crippen molar-refractivity contribution in [2.75, 3.05) is 38.2 Å². The molecule has 0 atom stereocenters. The van der Waals surface area contributed by atoms with Gasteiger partial charge in [0.25, 0.3) is 0 Å². The lowest BCUT2D eigenvalue weighted by molar-refractivity contribution is -0.385. The van der Waals surface area contributed by atoms with E-state index in [2.05, 4.69) is 10.2 Å². The molecule has 0 unspecified atom stereocenters. The molecule has 0 saturated carbocycles. The largest absolute Gasteiger partial charge is 0.490 e. The van der Waals surface area contributed by atoms with Crippen LogP contribution in [0.15, 0.2) is 12.1 Å². The van der Waals surface area contributed by atoms with Crippen LogP contribution in [0.2, 0.25) is 0 Å². The van der Waals surface area contributed by atoms with E-state index in [-0.39, 0.29) is 10.6 Å². The van der Waals surface area contributed by atoms with Gasteiger partial charge >= 0.3 is 5.69 Å². The zero-order valence-corrected chi connectivity index (χ0v) is 13.9. The lowest BCUT2D eigenvalue weighted by Crippen LogP contribution is -2.45. The molecule has 2 heterocycles. The van der Waals surface area contributed by atoms with Crippen LogP contribution in [0.3, 0.4) is 0 Å². The molecular weight excluding hydrogens is 294 g/mol. The first kappa shape index (κ1) is 16.1. The number of methoxy groups -OCH3 is 1. The van der Waals surface area contributed by atoms with Crippen LogP contribution in [-0.2, 0) is 0 Å². The molecule has 6 heteroatoms. The average molecular weight is 319 g/mol. The first-order valence-corrected chi connectivity index (χ1v) is 8.33. The van der Waals surface area contributed by atoms with Crippen molar-refractivity contribution in [1.29, 1.82) is 0 Å². The zero-order chi connectivity index (χ0) is 16.4. The fraction of sp³-hybridized carbons (Fsp3) is 0.647. The van der Waals surface area contributed by atoms with Crippen molar-refractivity contribution in [3.05, 3.63) is 27.8 Å². The summed E-state index contributed by atoms with van der Waals surface area (Å²) in [6, 6.07) is 3.46. The molecular formula is C17H25N3O3. The highest BCUT2D eigenvalue weighted by Crippen LogP contribution is 2.42. The summed E-state index contributed by atoms with van der Waals surface area (Å²) in [5.41, 5.74) is 2.55. The van der Waals surface area contributed by atoms with Gasteiger partial charge in [0, 0.05) is 30.9 Å². The second-order valence-corrected chi connectivity index (χ2v) is 6.80. The molecule has 1 aromatic carbocycles. The van der Waals surface area contributed by atoms with E-state index in [1.165, 1.54) is 32.8 Å². The van der Waals surface area contributed by atoms with Gasteiger partial charge in [-0.15, -0.1) is 0 Å². The molecule has 1 N–H and O–H groups in total.